The van der Waals surface area contributed by atoms with Crippen molar-refractivity contribution >= 4 is 17.6 Å². The second kappa shape index (κ2) is 7.85. The molecule has 1 aliphatic heterocycles. The zero-order chi connectivity index (χ0) is 16.8. The molecule has 0 aliphatic carbocycles. The first-order valence-electron chi connectivity index (χ1n) is 8.11. The number of rotatable bonds is 5. The van der Waals surface area contributed by atoms with Gasteiger partial charge in [-0.25, -0.2) is 4.79 Å². The van der Waals surface area contributed by atoms with E-state index in [0.717, 1.165) is 12.8 Å². The number of ether oxygens (including phenoxy) is 1. The van der Waals surface area contributed by atoms with Gasteiger partial charge in [-0.2, -0.15) is 0 Å². The molecule has 6 heteroatoms. The lowest BCUT2D eigenvalue weighted by Crippen LogP contribution is -2.49. The molecule has 23 heavy (non-hydrogen) atoms. The number of methoxy groups -OCH3 is 1. The average Bonchev–Trinajstić information content (AvgIpc) is 3.05. The Balaban J connectivity index is 2.06. The molecule has 0 aromatic heterocycles. The minimum atomic E-state index is -0.361. The Morgan fingerprint density at radius 1 is 1.35 bits per heavy atom. The highest BCUT2D eigenvalue weighted by molar-refractivity contribution is 5.94. The third-order valence-electron chi connectivity index (χ3n) is 4.19. The van der Waals surface area contributed by atoms with Gasteiger partial charge in [-0.05, 0) is 38.8 Å². The van der Waals surface area contributed by atoms with Gasteiger partial charge < -0.3 is 19.9 Å². The highest BCUT2D eigenvalue weighted by atomic mass is 16.5. The van der Waals surface area contributed by atoms with Crippen LogP contribution in [0.15, 0.2) is 24.3 Å². The molecule has 1 fully saturated rings. The van der Waals surface area contributed by atoms with Crippen LogP contribution in [0.25, 0.3) is 0 Å². The van der Waals surface area contributed by atoms with Crippen molar-refractivity contribution in [1.82, 2.24) is 9.80 Å². The van der Waals surface area contributed by atoms with Crippen molar-refractivity contribution in [2.75, 3.05) is 32.1 Å². The van der Waals surface area contributed by atoms with Gasteiger partial charge in [0.15, 0.2) is 0 Å². The number of benzene rings is 1. The second-order valence-corrected chi connectivity index (χ2v) is 5.52. The lowest BCUT2D eigenvalue weighted by Gasteiger charge is -2.29. The van der Waals surface area contributed by atoms with Crippen LogP contribution in [-0.2, 0) is 4.79 Å². The monoisotopic (exact) mass is 319 g/mol. The fourth-order valence-electron chi connectivity index (χ4n) is 2.91. The van der Waals surface area contributed by atoms with E-state index in [9.17, 15) is 9.59 Å². The Morgan fingerprint density at radius 2 is 2.09 bits per heavy atom. The summed E-state index contributed by atoms with van der Waals surface area (Å²) in [7, 11) is 1.58. The molecule has 6 nitrogen and oxygen atoms in total. The molecule has 0 saturated carbocycles. The maximum atomic E-state index is 12.6. The molecular weight excluding hydrogens is 294 g/mol. The van der Waals surface area contributed by atoms with Crippen LogP contribution in [0, 0.1) is 0 Å². The zero-order valence-corrected chi connectivity index (χ0v) is 14.0. The molecule has 1 aliphatic rings. The predicted octanol–water partition coefficient (Wildman–Crippen LogP) is 2.56. The first-order chi connectivity index (χ1) is 11.1. The summed E-state index contributed by atoms with van der Waals surface area (Å²) in [5, 5.41) is 2.85. The number of hydrogen-bond acceptors (Lipinski definition) is 3. The molecule has 1 heterocycles. The molecular formula is C17H25N3O3. The smallest absolute Gasteiger partial charge is 0.322 e. The van der Waals surface area contributed by atoms with Crippen LogP contribution in [-0.4, -0.2) is 54.5 Å². The SMILES string of the molecule is CCN(CC)C(=O)C1CCCN1C(=O)Nc1cccc(OC)c1. The topological polar surface area (TPSA) is 61.9 Å². The molecule has 0 bridgehead atoms. The Morgan fingerprint density at radius 3 is 2.74 bits per heavy atom. The van der Waals surface area contributed by atoms with Crippen LogP contribution in [0.5, 0.6) is 5.75 Å². The molecule has 1 N–H and O–H groups in total. The normalized spacial score (nSPS) is 17.0. The summed E-state index contributed by atoms with van der Waals surface area (Å²) in [6.45, 7) is 5.84. The van der Waals surface area contributed by atoms with Crippen molar-refractivity contribution in [3.8, 4) is 5.75 Å². The maximum absolute atomic E-state index is 12.6. The molecule has 3 amide bonds. The van der Waals surface area contributed by atoms with E-state index in [1.54, 1.807) is 29.0 Å². The number of carbonyl (C=O) groups excluding carboxylic acids is 2. The minimum Gasteiger partial charge on any atom is -0.497 e. The van der Waals surface area contributed by atoms with Crippen LogP contribution >= 0.6 is 0 Å². The lowest BCUT2D eigenvalue weighted by atomic mass is 10.2. The molecule has 1 aromatic carbocycles. The number of likely N-dealkylation sites (tertiary alicyclic amines) is 1. The number of urea groups is 1. The van der Waals surface area contributed by atoms with Crippen molar-refractivity contribution in [2.24, 2.45) is 0 Å². The lowest BCUT2D eigenvalue weighted by molar-refractivity contribution is -0.134. The van der Waals surface area contributed by atoms with Crippen molar-refractivity contribution in [2.45, 2.75) is 32.7 Å². The average molecular weight is 319 g/mol. The van der Waals surface area contributed by atoms with Gasteiger partial charge in [-0.15, -0.1) is 0 Å². The van der Waals surface area contributed by atoms with E-state index in [-0.39, 0.29) is 18.0 Å². The number of carbonyl (C=O) groups is 2. The van der Waals surface area contributed by atoms with Gasteiger partial charge in [0.05, 0.1) is 7.11 Å². The minimum absolute atomic E-state index is 0.0355. The summed E-state index contributed by atoms with van der Waals surface area (Å²) in [6, 6.07) is 6.60. The van der Waals surface area contributed by atoms with Crippen molar-refractivity contribution in [1.29, 1.82) is 0 Å². The van der Waals surface area contributed by atoms with Gasteiger partial charge in [0.1, 0.15) is 11.8 Å². The summed E-state index contributed by atoms with van der Waals surface area (Å²) in [5.41, 5.74) is 0.662. The Hall–Kier alpha value is -2.24. The highest BCUT2D eigenvalue weighted by Gasteiger charge is 2.35. The summed E-state index contributed by atoms with van der Waals surface area (Å²) in [4.78, 5) is 28.5. The highest BCUT2D eigenvalue weighted by Crippen LogP contribution is 2.22. The number of likely N-dealkylation sites (N-methyl/N-ethyl adjacent to an activating group) is 1. The fourth-order valence-corrected chi connectivity index (χ4v) is 2.91. The molecule has 0 spiro atoms. The predicted molar refractivity (Wildman–Crippen MR) is 89.7 cm³/mol. The zero-order valence-electron chi connectivity index (χ0n) is 14.0. The summed E-state index contributed by atoms with van der Waals surface area (Å²) >= 11 is 0. The van der Waals surface area contributed by atoms with E-state index in [4.69, 9.17) is 4.74 Å². The number of hydrogen-bond donors (Lipinski definition) is 1. The standard InChI is InChI=1S/C17H25N3O3/c1-4-19(5-2)16(21)15-10-7-11-20(15)17(22)18-13-8-6-9-14(12-13)23-3/h6,8-9,12,15H,4-5,7,10-11H2,1-3H3,(H,18,22). The van der Waals surface area contributed by atoms with E-state index in [0.29, 0.717) is 31.1 Å². The van der Waals surface area contributed by atoms with Crippen molar-refractivity contribution < 1.29 is 14.3 Å². The summed E-state index contributed by atoms with van der Waals surface area (Å²) in [6.07, 6.45) is 1.57. The number of amides is 3. The molecule has 1 saturated heterocycles. The van der Waals surface area contributed by atoms with Crippen LogP contribution in [0.3, 0.4) is 0 Å². The third kappa shape index (κ3) is 3.94. The molecule has 126 valence electrons. The quantitative estimate of drug-likeness (QED) is 0.907. The van der Waals surface area contributed by atoms with E-state index in [2.05, 4.69) is 5.32 Å². The number of anilines is 1. The molecule has 1 atom stereocenters. The largest absolute Gasteiger partial charge is 0.497 e. The first-order valence-corrected chi connectivity index (χ1v) is 8.11. The molecule has 1 unspecified atom stereocenters. The van der Waals surface area contributed by atoms with E-state index in [1.165, 1.54) is 0 Å². The fraction of sp³-hybridized carbons (Fsp3) is 0.529. The van der Waals surface area contributed by atoms with Gasteiger partial charge >= 0.3 is 6.03 Å². The van der Waals surface area contributed by atoms with E-state index >= 15 is 0 Å². The Kier molecular flexibility index (Phi) is 5.84. The second-order valence-electron chi connectivity index (χ2n) is 5.52. The van der Waals surface area contributed by atoms with Gasteiger partial charge in [-0.1, -0.05) is 6.07 Å². The van der Waals surface area contributed by atoms with E-state index in [1.807, 2.05) is 26.0 Å². The van der Waals surface area contributed by atoms with E-state index < -0.39 is 0 Å². The first kappa shape index (κ1) is 17.1. The summed E-state index contributed by atoms with van der Waals surface area (Å²) < 4.78 is 5.16. The van der Waals surface area contributed by atoms with Gasteiger partial charge in [0.2, 0.25) is 5.91 Å². The molecule has 2 rings (SSSR count). The van der Waals surface area contributed by atoms with Gasteiger partial charge in [0, 0.05) is 31.4 Å². The van der Waals surface area contributed by atoms with Crippen molar-refractivity contribution in [3.05, 3.63) is 24.3 Å². The Bertz CT molecular complexity index is 558. The van der Waals surface area contributed by atoms with Crippen LogP contribution < -0.4 is 10.1 Å². The Labute approximate surface area is 137 Å². The molecule has 0 radical (unpaired) electrons. The van der Waals surface area contributed by atoms with Gasteiger partial charge in [-0.3, -0.25) is 4.79 Å². The van der Waals surface area contributed by atoms with Gasteiger partial charge in [0.25, 0.3) is 0 Å². The third-order valence-corrected chi connectivity index (χ3v) is 4.19. The van der Waals surface area contributed by atoms with Crippen LogP contribution in [0.2, 0.25) is 0 Å². The number of nitrogens with zero attached hydrogens (tertiary/aromatic N) is 2. The molecule has 1 aromatic rings. The van der Waals surface area contributed by atoms with Crippen LogP contribution in [0.4, 0.5) is 10.5 Å². The van der Waals surface area contributed by atoms with Crippen molar-refractivity contribution in [3.63, 3.8) is 0 Å². The number of nitrogens with one attached hydrogen (secondary N) is 1. The summed E-state index contributed by atoms with van der Waals surface area (Å²) in [5.74, 6) is 0.716. The van der Waals surface area contributed by atoms with Crippen LogP contribution in [0.1, 0.15) is 26.7 Å². The maximum Gasteiger partial charge on any atom is 0.322 e.